The highest BCUT2D eigenvalue weighted by atomic mass is 32.1. The van der Waals surface area contributed by atoms with Crippen LogP contribution in [-0.4, -0.2) is 68.9 Å². The summed E-state index contributed by atoms with van der Waals surface area (Å²) in [5.41, 5.74) is 6.92. The van der Waals surface area contributed by atoms with Crippen molar-refractivity contribution >= 4 is 36.3 Å². The third-order valence-corrected chi connectivity index (χ3v) is 6.72. The quantitative estimate of drug-likeness (QED) is 0.155. The molecule has 0 aliphatic rings. The second-order valence-electron chi connectivity index (χ2n) is 9.36. The molecule has 212 valence electrons. The van der Waals surface area contributed by atoms with E-state index in [-0.39, 0.29) is 36.0 Å². The van der Waals surface area contributed by atoms with Gasteiger partial charge in [0.2, 0.25) is 17.7 Å². The number of thiol groups is 1. The van der Waals surface area contributed by atoms with E-state index in [4.69, 9.17) is 5.73 Å². The lowest BCUT2D eigenvalue weighted by molar-refractivity contribution is -0.142. The summed E-state index contributed by atoms with van der Waals surface area (Å²) < 4.78 is 0. The molecular weight excluding hydrogens is 524 g/mol. The molecule has 39 heavy (non-hydrogen) atoms. The number of aliphatic carboxylic acids is 1. The maximum atomic E-state index is 13.4. The SMILES string of the molecule is CCC(C)C(NC(=O)C(N)CS)C(=O)NC(Cc1ccc(O)cc1)C(=O)NC(Cc1ccc(O)cc1)C(=O)O. The van der Waals surface area contributed by atoms with E-state index in [0.717, 1.165) is 0 Å². The van der Waals surface area contributed by atoms with Crippen molar-refractivity contribution in [2.45, 2.75) is 57.3 Å². The molecule has 0 bridgehead atoms. The zero-order chi connectivity index (χ0) is 29.1. The molecule has 0 saturated carbocycles. The molecular formula is C27H36N4O7S. The Bertz CT molecular complexity index is 1130. The van der Waals surface area contributed by atoms with Crippen molar-refractivity contribution in [1.82, 2.24) is 16.0 Å². The maximum Gasteiger partial charge on any atom is 0.326 e. The van der Waals surface area contributed by atoms with E-state index >= 15 is 0 Å². The molecule has 0 radical (unpaired) electrons. The van der Waals surface area contributed by atoms with Gasteiger partial charge in [-0.25, -0.2) is 4.79 Å². The standard InChI is InChI=1S/C27H36N4O7S/c1-3-15(2)23(31-24(34)20(28)14-39)26(36)29-21(12-16-4-8-18(32)9-5-16)25(35)30-22(27(37)38)13-17-6-10-19(33)11-7-17/h4-11,15,20-23,32-33,39H,3,12-14,28H2,1-2H3,(H,29,36)(H,30,35)(H,31,34)(H,37,38). The Morgan fingerprint density at radius 2 is 1.26 bits per heavy atom. The van der Waals surface area contributed by atoms with E-state index in [9.17, 15) is 34.5 Å². The summed E-state index contributed by atoms with van der Waals surface area (Å²) in [6, 6.07) is 7.46. The third kappa shape index (κ3) is 9.80. The van der Waals surface area contributed by atoms with Crippen LogP contribution in [0.25, 0.3) is 0 Å². The van der Waals surface area contributed by atoms with E-state index in [1.807, 2.05) is 6.92 Å². The molecule has 11 nitrogen and oxygen atoms in total. The molecule has 2 aromatic carbocycles. The van der Waals surface area contributed by atoms with E-state index in [1.165, 1.54) is 24.3 Å². The number of phenolic OH excluding ortho intramolecular Hbond substituents is 2. The normalized spacial score (nSPS) is 14.8. The lowest BCUT2D eigenvalue weighted by Crippen LogP contribution is -2.59. The van der Waals surface area contributed by atoms with Crippen molar-refractivity contribution < 1.29 is 34.5 Å². The molecule has 0 aromatic heterocycles. The zero-order valence-electron chi connectivity index (χ0n) is 21.8. The fourth-order valence-corrected chi connectivity index (χ4v) is 3.89. The Hall–Kier alpha value is -3.77. The Morgan fingerprint density at radius 1 is 0.795 bits per heavy atom. The summed E-state index contributed by atoms with van der Waals surface area (Å²) in [4.78, 5) is 51.1. The Kier molecular flexibility index (Phi) is 12.1. The first-order chi connectivity index (χ1) is 18.4. The highest BCUT2D eigenvalue weighted by molar-refractivity contribution is 7.80. The van der Waals surface area contributed by atoms with Crippen LogP contribution in [0.5, 0.6) is 11.5 Å². The van der Waals surface area contributed by atoms with Crippen molar-refractivity contribution in [3.8, 4) is 11.5 Å². The van der Waals surface area contributed by atoms with E-state index in [0.29, 0.717) is 17.5 Å². The summed E-state index contributed by atoms with van der Waals surface area (Å²) in [6.45, 7) is 3.61. The van der Waals surface area contributed by atoms with Gasteiger partial charge in [0.1, 0.15) is 29.6 Å². The molecule has 8 N–H and O–H groups in total. The van der Waals surface area contributed by atoms with Crippen LogP contribution in [0.1, 0.15) is 31.4 Å². The average Bonchev–Trinajstić information content (AvgIpc) is 2.91. The molecule has 0 spiro atoms. The molecule has 12 heteroatoms. The van der Waals surface area contributed by atoms with Crippen molar-refractivity contribution in [3.05, 3.63) is 59.7 Å². The van der Waals surface area contributed by atoms with Gasteiger partial charge in [-0.2, -0.15) is 12.6 Å². The minimum atomic E-state index is -1.32. The minimum absolute atomic E-state index is 0.0132. The number of aromatic hydroxyl groups is 2. The summed E-state index contributed by atoms with van der Waals surface area (Å²) >= 11 is 4.02. The number of carboxylic acids is 1. The second-order valence-corrected chi connectivity index (χ2v) is 9.73. The molecule has 0 fully saturated rings. The van der Waals surface area contributed by atoms with E-state index < -0.39 is 47.9 Å². The van der Waals surface area contributed by atoms with Crippen molar-refractivity contribution in [2.24, 2.45) is 11.7 Å². The predicted octanol–water partition coefficient (Wildman–Crippen LogP) is 0.725. The van der Waals surface area contributed by atoms with Crippen LogP contribution >= 0.6 is 12.6 Å². The molecule has 3 amide bonds. The number of hydrogen-bond acceptors (Lipinski definition) is 8. The fourth-order valence-electron chi connectivity index (χ4n) is 3.72. The van der Waals surface area contributed by atoms with Gasteiger partial charge in [-0.3, -0.25) is 14.4 Å². The number of rotatable bonds is 14. The number of carboxylic acid groups (broad SMARTS) is 1. The number of phenols is 2. The minimum Gasteiger partial charge on any atom is -0.508 e. The fraction of sp³-hybridized carbons (Fsp3) is 0.407. The van der Waals surface area contributed by atoms with Crippen LogP contribution in [0.2, 0.25) is 0 Å². The lowest BCUT2D eigenvalue weighted by atomic mass is 9.96. The highest BCUT2D eigenvalue weighted by Gasteiger charge is 2.32. The summed E-state index contributed by atoms with van der Waals surface area (Å²) in [7, 11) is 0. The largest absolute Gasteiger partial charge is 0.508 e. The third-order valence-electron chi connectivity index (χ3n) is 6.33. The monoisotopic (exact) mass is 560 g/mol. The second kappa shape index (κ2) is 15.0. The van der Waals surface area contributed by atoms with Crippen LogP contribution in [0.4, 0.5) is 0 Å². The first-order valence-corrected chi connectivity index (χ1v) is 13.1. The number of nitrogens with two attached hydrogens (primary N) is 1. The van der Waals surface area contributed by atoms with Crippen LogP contribution < -0.4 is 21.7 Å². The van der Waals surface area contributed by atoms with Gasteiger partial charge in [-0.15, -0.1) is 0 Å². The molecule has 0 aliphatic heterocycles. The predicted molar refractivity (Wildman–Crippen MR) is 148 cm³/mol. The Balaban J connectivity index is 2.29. The molecule has 0 saturated heterocycles. The van der Waals surface area contributed by atoms with E-state index in [1.54, 1.807) is 31.2 Å². The molecule has 5 atom stereocenters. The number of hydrogen-bond donors (Lipinski definition) is 8. The van der Waals surface area contributed by atoms with Crippen molar-refractivity contribution in [1.29, 1.82) is 0 Å². The van der Waals surface area contributed by atoms with E-state index in [2.05, 4.69) is 28.6 Å². The summed E-state index contributed by atoms with van der Waals surface area (Å²) in [5.74, 6) is -3.42. The van der Waals surface area contributed by atoms with Crippen LogP contribution in [-0.2, 0) is 32.0 Å². The van der Waals surface area contributed by atoms with Gasteiger partial charge in [0, 0.05) is 18.6 Å². The van der Waals surface area contributed by atoms with Crippen molar-refractivity contribution in [2.75, 3.05) is 5.75 Å². The molecule has 2 aromatic rings. The topological polar surface area (TPSA) is 191 Å². The Morgan fingerprint density at radius 3 is 1.69 bits per heavy atom. The van der Waals surface area contributed by atoms with Gasteiger partial charge in [-0.1, -0.05) is 44.5 Å². The summed E-state index contributed by atoms with van der Waals surface area (Å²) in [6.07, 6.45) is 0.464. The van der Waals surface area contributed by atoms with Crippen LogP contribution in [0.3, 0.4) is 0 Å². The van der Waals surface area contributed by atoms with Gasteiger partial charge in [-0.05, 0) is 41.3 Å². The van der Waals surface area contributed by atoms with Gasteiger partial charge >= 0.3 is 5.97 Å². The van der Waals surface area contributed by atoms with Gasteiger partial charge in [0.15, 0.2) is 0 Å². The highest BCUT2D eigenvalue weighted by Crippen LogP contribution is 2.15. The molecule has 2 rings (SSSR count). The number of carbonyl (C=O) groups is 4. The lowest BCUT2D eigenvalue weighted by Gasteiger charge is -2.28. The first kappa shape index (κ1) is 31.4. The van der Waals surface area contributed by atoms with Crippen molar-refractivity contribution in [3.63, 3.8) is 0 Å². The summed E-state index contributed by atoms with van der Waals surface area (Å²) in [5, 5.41) is 36.6. The maximum absolute atomic E-state index is 13.4. The molecule has 0 heterocycles. The number of benzene rings is 2. The Labute approximate surface area is 232 Å². The zero-order valence-corrected chi connectivity index (χ0v) is 22.7. The van der Waals surface area contributed by atoms with Crippen LogP contribution in [0, 0.1) is 5.92 Å². The number of carbonyl (C=O) groups excluding carboxylic acids is 3. The average molecular weight is 561 g/mol. The molecule has 5 unspecified atom stereocenters. The van der Waals surface area contributed by atoms with Gasteiger partial charge < -0.3 is 37.0 Å². The van der Waals surface area contributed by atoms with Crippen LogP contribution in [0.15, 0.2) is 48.5 Å². The number of amides is 3. The smallest absolute Gasteiger partial charge is 0.326 e. The number of nitrogens with one attached hydrogen (secondary N) is 3. The van der Waals surface area contributed by atoms with Gasteiger partial charge in [0.25, 0.3) is 0 Å². The first-order valence-electron chi connectivity index (χ1n) is 12.5. The van der Waals surface area contributed by atoms with Gasteiger partial charge in [0.05, 0.1) is 6.04 Å². The molecule has 0 aliphatic carbocycles.